The third-order valence-electron chi connectivity index (χ3n) is 3.55. The van der Waals surface area contributed by atoms with Crippen molar-refractivity contribution in [1.82, 2.24) is 4.98 Å². The molecular weight excluding hydrogens is 270 g/mol. The molecule has 0 spiro atoms. The second kappa shape index (κ2) is 5.88. The summed E-state index contributed by atoms with van der Waals surface area (Å²) in [5.74, 6) is 0.734. The molecule has 0 aliphatic carbocycles. The van der Waals surface area contributed by atoms with Gasteiger partial charge in [0.1, 0.15) is 12.0 Å². The van der Waals surface area contributed by atoms with Crippen LogP contribution in [0.1, 0.15) is 11.6 Å². The Morgan fingerprint density at radius 2 is 2.05 bits per heavy atom. The smallest absolute Gasteiger partial charge is 0.287 e. The van der Waals surface area contributed by atoms with Crippen molar-refractivity contribution in [3.8, 4) is 0 Å². The fourth-order valence-electron chi connectivity index (χ4n) is 2.49. The minimum Gasteiger partial charge on any atom is -0.377 e. The van der Waals surface area contributed by atoms with E-state index in [1.165, 1.54) is 12.3 Å². The molecule has 1 aromatic carbocycles. The van der Waals surface area contributed by atoms with Crippen molar-refractivity contribution in [2.75, 3.05) is 24.7 Å². The molecule has 1 aromatic heterocycles. The van der Waals surface area contributed by atoms with Crippen LogP contribution in [0.15, 0.2) is 48.7 Å². The molecule has 0 radical (unpaired) electrons. The molecule has 0 saturated carbocycles. The third kappa shape index (κ3) is 2.85. The number of aromatic nitrogens is 1. The summed E-state index contributed by atoms with van der Waals surface area (Å²) < 4.78 is 5.57. The summed E-state index contributed by atoms with van der Waals surface area (Å²) in [6.45, 7) is 1.93. The number of nitro groups is 1. The standard InChI is InChI=1S/C15H15N3O3/c19-18(20)13-6-7-15(16-10-13)17-8-9-21-11-14(17)12-4-2-1-3-5-12/h1-7,10,14H,8-9,11H2/t14-/m0/s1. The van der Waals surface area contributed by atoms with Crippen LogP contribution in [0.3, 0.4) is 0 Å². The van der Waals surface area contributed by atoms with Crippen LogP contribution in [-0.4, -0.2) is 29.7 Å². The Bertz CT molecular complexity index is 616. The average molecular weight is 285 g/mol. The molecule has 6 heteroatoms. The van der Waals surface area contributed by atoms with Crippen LogP contribution in [0.5, 0.6) is 0 Å². The molecule has 21 heavy (non-hydrogen) atoms. The highest BCUT2D eigenvalue weighted by Gasteiger charge is 2.25. The van der Waals surface area contributed by atoms with E-state index in [1.54, 1.807) is 6.07 Å². The lowest BCUT2D eigenvalue weighted by Gasteiger charge is -2.36. The van der Waals surface area contributed by atoms with Crippen molar-refractivity contribution in [2.45, 2.75) is 6.04 Å². The number of anilines is 1. The molecular formula is C15H15N3O3. The number of hydrogen-bond donors (Lipinski definition) is 0. The van der Waals surface area contributed by atoms with E-state index in [-0.39, 0.29) is 11.7 Å². The maximum Gasteiger partial charge on any atom is 0.287 e. The lowest BCUT2D eigenvalue weighted by molar-refractivity contribution is -0.385. The lowest BCUT2D eigenvalue weighted by Crippen LogP contribution is -2.40. The number of ether oxygens (including phenoxy) is 1. The number of nitrogens with zero attached hydrogens (tertiary/aromatic N) is 3. The number of pyridine rings is 1. The van der Waals surface area contributed by atoms with Gasteiger partial charge in [-0.15, -0.1) is 0 Å². The Morgan fingerprint density at radius 1 is 1.24 bits per heavy atom. The summed E-state index contributed by atoms with van der Waals surface area (Å²) >= 11 is 0. The van der Waals surface area contributed by atoms with Crippen LogP contribution >= 0.6 is 0 Å². The summed E-state index contributed by atoms with van der Waals surface area (Å²) in [5, 5.41) is 10.7. The first-order chi connectivity index (χ1) is 10.3. The third-order valence-corrected chi connectivity index (χ3v) is 3.55. The molecule has 3 rings (SSSR count). The molecule has 1 atom stereocenters. The van der Waals surface area contributed by atoms with Crippen LogP contribution in [0, 0.1) is 10.1 Å². The van der Waals surface area contributed by atoms with E-state index in [0.717, 1.165) is 11.4 Å². The second-order valence-electron chi connectivity index (χ2n) is 4.83. The highest BCUT2D eigenvalue weighted by molar-refractivity contribution is 5.46. The SMILES string of the molecule is O=[N+]([O-])c1ccc(N2CCOC[C@H]2c2ccccc2)nc1. The van der Waals surface area contributed by atoms with E-state index in [1.807, 2.05) is 18.2 Å². The van der Waals surface area contributed by atoms with Gasteiger partial charge < -0.3 is 9.64 Å². The van der Waals surface area contributed by atoms with Gasteiger partial charge in [-0.1, -0.05) is 30.3 Å². The summed E-state index contributed by atoms with van der Waals surface area (Å²) in [4.78, 5) is 16.6. The van der Waals surface area contributed by atoms with E-state index in [4.69, 9.17) is 4.74 Å². The van der Waals surface area contributed by atoms with Crippen molar-refractivity contribution in [3.63, 3.8) is 0 Å². The lowest BCUT2D eigenvalue weighted by atomic mass is 10.0. The van der Waals surface area contributed by atoms with Gasteiger partial charge in [0.05, 0.1) is 24.2 Å². The monoisotopic (exact) mass is 285 g/mol. The Labute approximate surface area is 122 Å². The van der Waals surface area contributed by atoms with Gasteiger partial charge in [-0.2, -0.15) is 0 Å². The number of morpholine rings is 1. The van der Waals surface area contributed by atoms with Crippen molar-refractivity contribution in [3.05, 3.63) is 64.3 Å². The largest absolute Gasteiger partial charge is 0.377 e. The van der Waals surface area contributed by atoms with Gasteiger partial charge in [0, 0.05) is 12.6 Å². The van der Waals surface area contributed by atoms with E-state index in [0.29, 0.717) is 19.8 Å². The number of hydrogen-bond acceptors (Lipinski definition) is 5. The van der Waals surface area contributed by atoms with Gasteiger partial charge in [0.15, 0.2) is 0 Å². The molecule has 108 valence electrons. The Balaban J connectivity index is 1.89. The first-order valence-electron chi connectivity index (χ1n) is 6.75. The van der Waals surface area contributed by atoms with Crippen LogP contribution in [0.2, 0.25) is 0 Å². The quantitative estimate of drug-likeness (QED) is 0.640. The van der Waals surface area contributed by atoms with Crippen LogP contribution in [-0.2, 0) is 4.74 Å². The van der Waals surface area contributed by atoms with Crippen LogP contribution < -0.4 is 4.90 Å². The maximum atomic E-state index is 10.7. The molecule has 0 N–H and O–H groups in total. The van der Waals surface area contributed by atoms with E-state index < -0.39 is 4.92 Å². The first kappa shape index (κ1) is 13.5. The highest BCUT2D eigenvalue weighted by Crippen LogP contribution is 2.29. The minimum atomic E-state index is -0.440. The predicted molar refractivity (Wildman–Crippen MR) is 78.2 cm³/mol. The molecule has 6 nitrogen and oxygen atoms in total. The first-order valence-corrected chi connectivity index (χ1v) is 6.75. The van der Waals surface area contributed by atoms with Gasteiger partial charge in [-0.05, 0) is 11.6 Å². The zero-order chi connectivity index (χ0) is 14.7. The Morgan fingerprint density at radius 3 is 2.71 bits per heavy atom. The van der Waals surface area contributed by atoms with Gasteiger partial charge >= 0.3 is 0 Å². The van der Waals surface area contributed by atoms with E-state index in [2.05, 4.69) is 22.0 Å². The zero-order valence-corrected chi connectivity index (χ0v) is 11.4. The summed E-state index contributed by atoms with van der Waals surface area (Å²) in [5.41, 5.74) is 1.15. The van der Waals surface area contributed by atoms with Crippen LogP contribution in [0.4, 0.5) is 11.5 Å². The normalized spacial score (nSPS) is 18.5. The molecule has 1 saturated heterocycles. The fourth-order valence-corrected chi connectivity index (χ4v) is 2.49. The number of rotatable bonds is 3. The van der Waals surface area contributed by atoms with Crippen molar-refractivity contribution < 1.29 is 9.66 Å². The molecule has 1 fully saturated rings. The zero-order valence-electron chi connectivity index (χ0n) is 11.4. The van der Waals surface area contributed by atoms with Gasteiger partial charge in [-0.25, -0.2) is 4.98 Å². The van der Waals surface area contributed by atoms with Crippen LogP contribution in [0.25, 0.3) is 0 Å². The summed E-state index contributed by atoms with van der Waals surface area (Å²) in [7, 11) is 0. The number of benzene rings is 1. The van der Waals surface area contributed by atoms with Gasteiger partial charge in [0.25, 0.3) is 5.69 Å². The minimum absolute atomic E-state index is 0.00303. The predicted octanol–water partition coefficient (Wildman–Crippen LogP) is 2.57. The molecule has 0 amide bonds. The van der Waals surface area contributed by atoms with Crippen molar-refractivity contribution in [2.24, 2.45) is 0 Å². The molecule has 1 aliphatic rings. The second-order valence-corrected chi connectivity index (χ2v) is 4.83. The Hall–Kier alpha value is -2.47. The molecule has 0 unspecified atom stereocenters. The topological polar surface area (TPSA) is 68.5 Å². The molecule has 1 aliphatic heterocycles. The van der Waals surface area contributed by atoms with Gasteiger partial charge in [-0.3, -0.25) is 10.1 Å². The molecule has 2 aromatic rings. The van der Waals surface area contributed by atoms with Gasteiger partial charge in [0.2, 0.25) is 0 Å². The Kier molecular flexibility index (Phi) is 3.79. The molecule has 0 bridgehead atoms. The van der Waals surface area contributed by atoms with Crippen molar-refractivity contribution in [1.29, 1.82) is 0 Å². The fraction of sp³-hybridized carbons (Fsp3) is 0.267. The molecule has 2 heterocycles. The highest BCUT2D eigenvalue weighted by atomic mass is 16.6. The van der Waals surface area contributed by atoms with E-state index >= 15 is 0 Å². The van der Waals surface area contributed by atoms with E-state index in [9.17, 15) is 10.1 Å². The summed E-state index contributed by atoms with van der Waals surface area (Å²) in [6.07, 6.45) is 1.30. The maximum absolute atomic E-state index is 10.7. The average Bonchev–Trinajstić information content (AvgIpc) is 2.56. The van der Waals surface area contributed by atoms with Crippen molar-refractivity contribution >= 4 is 11.5 Å². The summed E-state index contributed by atoms with van der Waals surface area (Å²) in [6, 6.07) is 13.3.